The predicted molar refractivity (Wildman–Crippen MR) is 119 cm³/mol. The molecule has 6 heteroatoms. The molecule has 30 heavy (non-hydrogen) atoms. The summed E-state index contributed by atoms with van der Waals surface area (Å²) in [6.45, 7) is 3.03. The number of hydrogen-bond donors (Lipinski definition) is 1. The van der Waals surface area contributed by atoms with E-state index in [9.17, 15) is 4.79 Å². The van der Waals surface area contributed by atoms with Crippen LogP contribution in [-0.4, -0.2) is 56.3 Å². The maximum Gasteiger partial charge on any atom is 0.251 e. The Morgan fingerprint density at radius 1 is 1.13 bits per heavy atom. The zero-order chi connectivity index (χ0) is 20.9. The van der Waals surface area contributed by atoms with E-state index >= 15 is 0 Å². The van der Waals surface area contributed by atoms with Crippen molar-refractivity contribution in [2.24, 2.45) is 0 Å². The van der Waals surface area contributed by atoms with Gasteiger partial charge in [-0.1, -0.05) is 35.9 Å². The highest BCUT2D eigenvalue weighted by molar-refractivity contribution is 6.32. The Hall–Kier alpha value is -2.08. The number of fused-ring (bicyclic) bond motifs is 1. The fraction of sp³-hybridized carbons (Fsp3) is 0.458. The third-order valence-electron chi connectivity index (χ3n) is 6.10. The van der Waals surface area contributed by atoms with E-state index in [1.54, 1.807) is 25.3 Å². The smallest absolute Gasteiger partial charge is 0.251 e. The van der Waals surface area contributed by atoms with Crippen LogP contribution in [0.5, 0.6) is 5.75 Å². The van der Waals surface area contributed by atoms with E-state index in [2.05, 4.69) is 34.5 Å². The molecule has 1 fully saturated rings. The quantitative estimate of drug-likeness (QED) is 0.683. The van der Waals surface area contributed by atoms with Crippen LogP contribution in [0.3, 0.4) is 0 Å². The molecule has 0 radical (unpaired) electrons. The lowest BCUT2D eigenvalue weighted by Crippen LogP contribution is -2.44. The van der Waals surface area contributed by atoms with E-state index < -0.39 is 0 Å². The molecule has 2 aromatic carbocycles. The van der Waals surface area contributed by atoms with Gasteiger partial charge in [-0.25, -0.2) is 0 Å². The fourth-order valence-electron chi connectivity index (χ4n) is 4.44. The van der Waals surface area contributed by atoms with Crippen molar-refractivity contribution in [3.63, 3.8) is 0 Å². The summed E-state index contributed by atoms with van der Waals surface area (Å²) >= 11 is 6.40. The van der Waals surface area contributed by atoms with Crippen molar-refractivity contribution in [1.82, 2.24) is 10.2 Å². The average Bonchev–Trinajstić information content (AvgIpc) is 3.20. The lowest BCUT2D eigenvalue weighted by molar-refractivity contribution is 0.0777. The lowest BCUT2D eigenvalue weighted by Gasteiger charge is -2.36. The van der Waals surface area contributed by atoms with Crippen LogP contribution in [-0.2, 0) is 17.6 Å². The van der Waals surface area contributed by atoms with Gasteiger partial charge in [0.1, 0.15) is 11.9 Å². The van der Waals surface area contributed by atoms with Crippen LogP contribution in [0.1, 0.15) is 34.3 Å². The van der Waals surface area contributed by atoms with E-state index in [1.165, 1.54) is 11.1 Å². The number of amides is 1. The van der Waals surface area contributed by atoms with Crippen molar-refractivity contribution in [2.45, 2.75) is 37.8 Å². The van der Waals surface area contributed by atoms with Gasteiger partial charge in [0.15, 0.2) is 0 Å². The van der Waals surface area contributed by atoms with Gasteiger partial charge in [-0.05, 0) is 55.0 Å². The lowest BCUT2D eigenvalue weighted by atomic mass is 10.0. The molecule has 0 bridgehead atoms. The third-order valence-corrected chi connectivity index (χ3v) is 6.40. The second-order valence-corrected chi connectivity index (χ2v) is 8.49. The Morgan fingerprint density at radius 2 is 1.83 bits per heavy atom. The molecule has 5 nitrogen and oxygen atoms in total. The number of halogens is 1. The maximum absolute atomic E-state index is 12.1. The molecule has 1 heterocycles. The fourth-order valence-corrected chi connectivity index (χ4v) is 4.66. The first-order valence-electron chi connectivity index (χ1n) is 10.7. The Morgan fingerprint density at radius 3 is 2.47 bits per heavy atom. The first-order chi connectivity index (χ1) is 14.6. The average molecular weight is 429 g/mol. The van der Waals surface area contributed by atoms with E-state index in [4.69, 9.17) is 21.1 Å². The number of nitrogens with zero attached hydrogens (tertiary/aromatic N) is 1. The minimum absolute atomic E-state index is 0.156. The highest BCUT2D eigenvalue weighted by atomic mass is 35.5. The number of benzene rings is 2. The number of rotatable bonds is 7. The van der Waals surface area contributed by atoms with Crippen LogP contribution in [0.2, 0.25) is 5.02 Å². The molecule has 2 aliphatic rings. The summed E-state index contributed by atoms with van der Waals surface area (Å²) in [6.07, 6.45) is 4.44. The molecular weight excluding hydrogens is 400 g/mol. The molecular formula is C24H29ClN2O3. The Balaban J connectivity index is 1.27. The Labute approximate surface area is 183 Å². The first-order valence-corrected chi connectivity index (χ1v) is 11.1. The normalized spacial score (nSPS) is 17.7. The number of hydrogen-bond acceptors (Lipinski definition) is 4. The molecule has 4 rings (SSSR count). The summed E-state index contributed by atoms with van der Waals surface area (Å²) in [5, 5.41) is 3.27. The third kappa shape index (κ3) is 4.97. The largest absolute Gasteiger partial charge is 0.489 e. The second-order valence-electron chi connectivity index (χ2n) is 8.08. The highest BCUT2D eigenvalue weighted by Gasteiger charge is 2.30. The summed E-state index contributed by atoms with van der Waals surface area (Å²) in [4.78, 5) is 14.8. The summed E-state index contributed by atoms with van der Waals surface area (Å²) in [5.41, 5.74) is 3.53. The van der Waals surface area contributed by atoms with Crippen molar-refractivity contribution < 1.29 is 14.3 Å². The van der Waals surface area contributed by atoms with Gasteiger partial charge in [0, 0.05) is 38.3 Å². The summed E-state index contributed by atoms with van der Waals surface area (Å²) in [6, 6.07) is 14.6. The summed E-state index contributed by atoms with van der Waals surface area (Å²) in [5.74, 6) is 0.489. The van der Waals surface area contributed by atoms with Gasteiger partial charge in [-0.2, -0.15) is 0 Å². The molecule has 0 aromatic heterocycles. The minimum Gasteiger partial charge on any atom is -0.489 e. The van der Waals surface area contributed by atoms with Crippen molar-refractivity contribution in [2.75, 3.05) is 33.4 Å². The van der Waals surface area contributed by atoms with Crippen molar-refractivity contribution in [3.8, 4) is 5.75 Å². The molecule has 1 saturated heterocycles. The first kappa shape index (κ1) is 21.2. The van der Waals surface area contributed by atoms with Gasteiger partial charge in [-0.3, -0.25) is 9.69 Å². The van der Waals surface area contributed by atoms with Gasteiger partial charge >= 0.3 is 0 Å². The van der Waals surface area contributed by atoms with Crippen molar-refractivity contribution in [1.29, 1.82) is 0 Å². The van der Waals surface area contributed by atoms with E-state index in [-0.39, 0.29) is 12.0 Å². The van der Waals surface area contributed by atoms with Gasteiger partial charge in [0.05, 0.1) is 11.6 Å². The van der Waals surface area contributed by atoms with Crippen molar-refractivity contribution >= 4 is 17.5 Å². The molecule has 160 valence electrons. The molecule has 0 atom stereocenters. The predicted octanol–water partition coefficient (Wildman–Crippen LogP) is 3.73. The molecule has 2 aromatic rings. The van der Waals surface area contributed by atoms with Crippen molar-refractivity contribution in [3.05, 3.63) is 64.2 Å². The summed E-state index contributed by atoms with van der Waals surface area (Å²) < 4.78 is 11.1. The van der Waals surface area contributed by atoms with Crippen LogP contribution in [0.4, 0.5) is 0 Å². The number of methoxy groups -OCH3 is 1. The number of likely N-dealkylation sites (tertiary alicyclic amines) is 1. The van der Waals surface area contributed by atoms with Crippen LogP contribution in [0.15, 0.2) is 42.5 Å². The Kier molecular flexibility index (Phi) is 6.93. The second kappa shape index (κ2) is 9.82. The monoisotopic (exact) mass is 428 g/mol. The van der Waals surface area contributed by atoms with Gasteiger partial charge < -0.3 is 14.8 Å². The number of ether oxygens (including phenoxy) is 2. The standard InChI is InChI=1S/C24H29ClN2O3/c1-29-13-10-26-24(28)19-6-7-23(22(25)16-19)30-21-8-11-27(12-9-21)20-14-17-4-2-3-5-18(17)15-20/h2-7,16,20-21H,8-15H2,1H3,(H,26,28). The number of nitrogens with one attached hydrogen (secondary N) is 1. The van der Waals surface area contributed by atoms with E-state index in [0.29, 0.717) is 35.5 Å². The zero-order valence-electron chi connectivity index (χ0n) is 17.4. The number of carbonyl (C=O) groups excluding carboxylic acids is 1. The van der Waals surface area contributed by atoms with Crippen LogP contribution in [0, 0.1) is 0 Å². The minimum atomic E-state index is -0.161. The SMILES string of the molecule is COCCNC(=O)c1ccc(OC2CCN(C3Cc4ccccc4C3)CC2)c(Cl)c1. The number of carbonyl (C=O) groups is 1. The maximum atomic E-state index is 12.1. The van der Waals surface area contributed by atoms with E-state index in [1.807, 2.05) is 0 Å². The Bertz CT molecular complexity index is 856. The van der Waals surface area contributed by atoms with Crippen LogP contribution < -0.4 is 10.1 Å². The van der Waals surface area contributed by atoms with E-state index in [0.717, 1.165) is 38.8 Å². The topological polar surface area (TPSA) is 50.8 Å². The van der Waals surface area contributed by atoms with Gasteiger partial charge in [0.2, 0.25) is 0 Å². The van der Waals surface area contributed by atoms with Gasteiger partial charge in [0.25, 0.3) is 5.91 Å². The highest BCUT2D eigenvalue weighted by Crippen LogP contribution is 2.31. The number of piperidine rings is 1. The van der Waals surface area contributed by atoms with Gasteiger partial charge in [-0.15, -0.1) is 0 Å². The molecule has 1 amide bonds. The zero-order valence-corrected chi connectivity index (χ0v) is 18.2. The molecule has 1 aliphatic carbocycles. The molecule has 1 N–H and O–H groups in total. The summed E-state index contributed by atoms with van der Waals surface area (Å²) in [7, 11) is 1.60. The molecule has 0 unspecified atom stereocenters. The molecule has 1 aliphatic heterocycles. The van der Waals surface area contributed by atoms with Crippen LogP contribution >= 0.6 is 11.6 Å². The molecule has 0 saturated carbocycles. The molecule has 0 spiro atoms. The van der Waals surface area contributed by atoms with Crippen LogP contribution in [0.25, 0.3) is 0 Å².